The molecule has 0 aromatic heterocycles. The van der Waals surface area contributed by atoms with Gasteiger partial charge in [-0.25, -0.2) is 0 Å². The molecule has 11 heavy (non-hydrogen) atoms. The van der Waals surface area contributed by atoms with Crippen LogP contribution in [-0.4, -0.2) is 5.97 Å². The lowest BCUT2D eigenvalue weighted by molar-refractivity contribution is -0.136. The Hall–Kier alpha value is -0.790. The fraction of sp³-hybridized carbons (Fsp3) is 0.667. The first-order valence-corrected chi connectivity index (χ1v) is 4.20. The summed E-state index contributed by atoms with van der Waals surface area (Å²) >= 11 is 0. The molecule has 0 fully saturated rings. The van der Waals surface area contributed by atoms with Gasteiger partial charge in [0.2, 0.25) is 0 Å². The predicted octanol–water partition coefficient (Wildman–Crippen LogP) is 2.01. The van der Waals surface area contributed by atoms with E-state index in [0.717, 1.165) is 12.2 Å². The van der Waals surface area contributed by atoms with Gasteiger partial charge in [0, 0.05) is 6.42 Å². The van der Waals surface area contributed by atoms with Crippen molar-refractivity contribution in [3.05, 3.63) is 11.3 Å². The lowest BCUT2D eigenvalue weighted by atomic mass is 9.87. The van der Waals surface area contributed by atoms with E-state index in [2.05, 4.69) is 6.92 Å². The minimum atomic E-state index is -0.0521. The number of esters is 1. The van der Waals surface area contributed by atoms with Gasteiger partial charge >= 0.3 is 5.97 Å². The van der Waals surface area contributed by atoms with E-state index in [1.807, 2.05) is 0 Å². The van der Waals surface area contributed by atoms with E-state index in [4.69, 9.17) is 4.74 Å². The first-order valence-electron chi connectivity index (χ1n) is 4.20. The Morgan fingerprint density at radius 1 is 1.55 bits per heavy atom. The average Bonchev–Trinajstić information content (AvgIpc) is 2.31. The predicted molar refractivity (Wildman–Crippen MR) is 40.8 cm³/mol. The Kier molecular flexibility index (Phi) is 1.48. The maximum atomic E-state index is 10.9. The number of rotatable bonds is 0. The molecule has 0 spiro atoms. The molecule has 0 saturated carbocycles. The fourth-order valence-electron chi connectivity index (χ4n) is 1.90. The molecule has 2 nitrogen and oxygen atoms in total. The largest absolute Gasteiger partial charge is 0.431 e. The molecule has 0 saturated heterocycles. The van der Waals surface area contributed by atoms with Crippen LogP contribution in [0.4, 0.5) is 0 Å². The molecule has 2 heteroatoms. The van der Waals surface area contributed by atoms with Crippen molar-refractivity contribution in [1.29, 1.82) is 0 Å². The third-order valence-corrected chi connectivity index (χ3v) is 2.57. The van der Waals surface area contributed by atoms with Crippen LogP contribution in [0, 0.1) is 5.92 Å². The van der Waals surface area contributed by atoms with E-state index >= 15 is 0 Å². The Morgan fingerprint density at radius 3 is 3.09 bits per heavy atom. The molecule has 1 heterocycles. The zero-order valence-corrected chi connectivity index (χ0v) is 6.72. The SMILES string of the molecule is CC1CCCC2=C1CC(=O)O2. The van der Waals surface area contributed by atoms with Crippen LogP contribution in [0.1, 0.15) is 32.6 Å². The Labute approximate surface area is 66.2 Å². The molecule has 0 aromatic carbocycles. The first kappa shape index (κ1) is 6.89. The van der Waals surface area contributed by atoms with E-state index in [0.29, 0.717) is 12.3 Å². The minimum Gasteiger partial charge on any atom is -0.431 e. The number of hydrogen-bond donors (Lipinski definition) is 0. The number of carbonyl (C=O) groups excluding carboxylic acids is 1. The molecule has 1 aliphatic carbocycles. The van der Waals surface area contributed by atoms with Crippen LogP contribution >= 0.6 is 0 Å². The second kappa shape index (κ2) is 2.36. The van der Waals surface area contributed by atoms with E-state index in [1.54, 1.807) is 0 Å². The van der Waals surface area contributed by atoms with Gasteiger partial charge in [-0.2, -0.15) is 0 Å². The Bertz CT molecular complexity index is 228. The molecule has 0 radical (unpaired) electrons. The molecular weight excluding hydrogens is 140 g/mol. The number of hydrogen-bond acceptors (Lipinski definition) is 2. The van der Waals surface area contributed by atoms with Crippen LogP contribution < -0.4 is 0 Å². The van der Waals surface area contributed by atoms with Crippen LogP contribution in [0.25, 0.3) is 0 Å². The molecule has 0 bridgehead atoms. The van der Waals surface area contributed by atoms with Gasteiger partial charge in [-0.3, -0.25) is 4.79 Å². The molecule has 2 aliphatic rings. The van der Waals surface area contributed by atoms with Crippen molar-refractivity contribution in [3.63, 3.8) is 0 Å². The van der Waals surface area contributed by atoms with Gasteiger partial charge in [-0.15, -0.1) is 0 Å². The zero-order valence-electron chi connectivity index (χ0n) is 6.72. The molecule has 1 atom stereocenters. The van der Waals surface area contributed by atoms with Gasteiger partial charge in [-0.05, 0) is 24.3 Å². The van der Waals surface area contributed by atoms with Crippen LogP contribution in [0.2, 0.25) is 0 Å². The van der Waals surface area contributed by atoms with Crippen LogP contribution in [0.5, 0.6) is 0 Å². The number of ether oxygens (including phenoxy) is 1. The van der Waals surface area contributed by atoms with Gasteiger partial charge in [0.15, 0.2) is 0 Å². The van der Waals surface area contributed by atoms with E-state index in [9.17, 15) is 4.79 Å². The Balaban J connectivity index is 2.25. The van der Waals surface area contributed by atoms with Crippen molar-refractivity contribution >= 4 is 5.97 Å². The van der Waals surface area contributed by atoms with E-state index < -0.39 is 0 Å². The Morgan fingerprint density at radius 2 is 2.36 bits per heavy atom. The zero-order chi connectivity index (χ0) is 7.84. The van der Waals surface area contributed by atoms with Crippen molar-refractivity contribution in [3.8, 4) is 0 Å². The molecule has 1 aliphatic heterocycles. The van der Waals surface area contributed by atoms with Crippen molar-refractivity contribution in [2.45, 2.75) is 32.6 Å². The van der Waals surface area contributed by atoms with Crippen molar-refractivity contribution in [1.82, 2.24) is 0 Å². The smallest absolute Gasteiger partial charge is 0.315 e. The van der Waals surface area contributed by atoms with Gasteiger partial charge < -0.3 is 4.74 Å². The highest BCUT2D eigenvalue weighted by molar-refractivity contribution is 5.77. The molecule has 0 amide bonds. The standard InChI is InChI=1S/C9H12O2/c1-6-3-2-4-8-7(6)5-9(10)11-8/h6H,2-5H2,1H3. The summed E-state index contributed by atoms with van der Waals surface area (Å²) in [5, 5.41) is 0. The molecule has 1 unspecified atom stereocenters. The van der Waals surface area contributed by atoms with Gasteiger partial charge in [0.25, 0.3) is 0 Å². The highest BCUT2D eigenvalue weighted by Crippen LogP contribution is 2.36. The normalized spacial score (nSPS) is 30.3. The van der Waals surface area contributed by atoms with Crippen LogP contribution in [0.3, 0.4) is 0 Å². The summed E-state index contributed by atoms with van der Waals surface area (Å²) in [6.45, 7) is 2.18. The van der Waals surface area contributed by atoms with Gasteiger partial charge in [-0.1, -0.05) is 6.92 Å². The minimum absolute atomic E-state index is 0.0521. The van der Waals surface area contributed by atoms with E-state index in [1.165, 1.54) is 18.4 Å². The molecule has 0 aromatic rings. The van der Waals surface area contributed by atoms with Gasteiger partial charge in [0.05, 0.1) is 6.42 Å². The van der Waals surface area contributed by atoms with E-state index in [-0.39, 0.29) is 5.97 Å². The number of allylic oxidation sites excluding steroid dienone is 1. The summed E-state index contributed by atoms with van der Waals surface area (Å²) < 4.78 is 5.08. The maximum absolute atomic E-state index is 10.9. The van der Waals surface area contributed by atoms with Gasteiger partial charge in [0.1, 0.15) is 5.76 Å². The summed E-state index contributed by atoms with van der Waals surface area (Å²) in [6, 6.07) is 0. The summed E-state index contributed by atoms with van der Waals surface area (Å²) in [5.41, 5.74) is 1.27. The lowest BCUT2D eigenvalue weighted by Gasteiger charge is -2.17. The fourth-order valence-corrected chi connectivity index (χ4v) is 1.90. The maximum Gasteiger partial charge on any atom is 0.315 e. The van der Waals surface area contributed by atoms with Crippen molar-refractivity contribution in [2.75, 3.05) is 0 Å². The third-order valence-electron chi connectivity index (χ3n) is 2.57. The molecule has 60 valence electrons. The highest BCUT2D eigenvalue weighted by atomic mass is 16.5. The second-order valence-corrected chi connectivity index (χ2v) is 3.39. The summed E-state index contributed by atoms with van der Waals surface area (Å²) in [5.74, 6) is 1.50. The molecular formula is C9H12O2. The monoisotopic (exact) mass is 152 g/mol. The van der Waals surface area contributed by atoms with Crippen LogP contribution in [0.15, 0.2) is 11.3 Å². The number of carbonyl (C=O) groups is 1. The topological polar surface area (TPSA) is 26.3 Å². The highest BCUT2D eigenvalue weighted by Gasteiger charge is 2.29. The lowest BCUT2D eigenvalue weighted by Crippen LogP contribution is -2.05. The quantitative estimate of drug-likeness (QED) is 0.496. The van der Waals surface area contributed by atoms with Crippen LogP contribution in [-0.2, 0) is 9.53 Å². The van der Waals surface area contributed by atoms with Crippen molar-refractivity contribution in [2.24, 2.45) is 5.92 Å². The summed E-state index contributed by atoms with van der Waals surface area (Å²) in [4.78, 5) is 10.9. The second-order valence-electron chi connectivity index (χ2n) is 3.39. The third kappa shape index (κ3) is 1.06. The molecule has 0 N–H and O–H groups in total. The summed E-state index contributed by atoms with van der Waals surface area (Å²) in [6.07, 6.45) is 3.92. The first-order chi connectivity index (χ1) is 5.27. The summed E-state index contributed by atoms with van der Waals surface area (Å²) in [7, 11) is 0. The van der Waals surface area contributed by atoms with Crippen molar-refractivity contribution < 1.29 is 9.53 Å². The average molecular weight is 152 g/mol. The molecule has 2 rings (SSSR count).